The summed E-state index contributed by atoms with van der Waals surface area (Å²) in [6, 6.07) is 9.63. The van der Waals surface area contributed by atoms with E-state index in [9.17, 15) is 9.59 Å². The summed E-state index contributed by atoms with van der Waals surface area (Å²) in [6.45, 7) is 1.88. The lowest BCUT2D eigenvalue weighted by Gasteiger charge is -2.18. The molecule has 1 aliphatic carbocycles. The highest BCUT2D eigenvalue weighted by Crippen LogP contribution is 2.17. The minimum atomic E-state index is -0.546. The highest BCUT2D eigenvalue weighted by molar-refractivity contribution is 6.35. The molecule has 1 fully saturated rings. The third-order valence-corrected chi connectivity index (χ3v) is 4.04. The van der Waals surface area contributed by atoms with Gasteiger partial charge in [-0.1, -0.05) is 56.0 Å². The van der Waals surface area contributed by atoms with Gasteiger partial charge in [-0.05, 0) is 25.3 Å². The summed E-state index contributed by atoms with van der Waals surface area (Å²) in [7, 11) is 0. The fourth-order valence-corrected chi connectivity index (χ4v) is 2.76. The third-order valence-electron chi connectivity index (χ3n) is 4.04. The van der Waals surface area contributed by atoms with Crippen molar-refractivity contribution >= 4 is 11.8 Å². The summed E-state index contributed by atoms with van der Waals surface area (Å²) in [6.07, 6.45) is 6.67. The minimum Gasteiger partial charge on any atom is -0.345 e. The van der Waals surface area contributed by atoms with Gasteiger partial charge in [-0.3, -0.25) is 9.59 Å². The zero-order valence-electron chi connectivity index (χ0n) is 12.6. The first kappa shape index (κ1) is 15.5. The number of hydrogen-bond acceptors (Lipinski definition) is 2. The van der Waals surface area contributed by atoms with Crippen LogP contribution in [0.2, 0.25) is 0 Å². The Kier molecular flexibility index (Phi) is 5.78. The largest absolute Gasteiger partial charge is 0.345 e. The van der Waals surface area contributed by atoms with E-state index in [2.05, 4.69) is 10.6 Å². The van der Waals surface area contributed by atoms with E-state index in [1.807, 2.05) is 37.3 Å². The number of amides is 2. The molecule has 2 amide bonds. The van der Waals surface area contributed by atoms with E-state index in [4.69, 9.17) is 0 Å². The molecule has 0 unspecified atom stereocenters. The predicted molar refractivity (Wildman–Crippen MR) is 82.6 cm³/mol. The summed E-state index contributed by atoms with van der Waals surface area (Å²) in [5.74, 6) is -1.06. The van der Waals surface area contributed by atoms with Gasteiger partial charge in [0.15, 0.2) is 0 Å². The predicted octanol–water partition coefficient (Wildman–Crippen LogP) is 2.70. The van der Waals surface area contributed by atoms with E-state index in [1.165, 1.54) is 12.8 Å². The van der Waals surface area contributed by atoms with Gasteiger partial charge in [-0.2, -0.15) is 0 Å². The normalized spacial score (nSPS) is 17.6. The second-order valence-electron chi connectivity index (χ2n) is 5.77. The Bertz CT molecular complexity index is 465. The molecular weight excluding hydrogens is 264 g/mol. The fraction of sp³-hybridized carbons (Fsp3) is 0.529. The Morgan fingerprint density at radius 1 is 1.00 bits per heavy atom. The third kappa shape index (κ3) is 4.88. The lowest BCUT2D eigenvalue weighted by molar-refractivity contribution is -0.140. The maximum Gasteiger partial charge on any atom is 0.309 e. The number of rotatable bonds is 3. The quantitative estimate of drug-likeness (QED) is 0.663. The summed E-state index contributed by atoms with van der Waals surface area (Å²) in [5, 5.41) is 5.61. The standard InChI is InChI=1S/C17H24N2O2/c1-13(14-9-5-4-6-10-14)18-16(20)17(21)19-15-11-7-2-3-8-12-15/h4-6,9-10,13,15H,2-3,7-8,11-12H2,1H3,(H,18,20)(H,19,21)/t13-/m1/s1. The summed E-state index contributed by atoms with van der Waals surface area (Å²) in [4.78, 5) is 23.9. The fourth-order valence-electron chi connectivity index (χ4n) is 2.76. The molecule has 21 heavy (non-hydrogen) atoms. The molecule has 2 N–H and O–H groups in total. The van der Waals surface area contributed by atoms with E-state index in [-0.39, 0.29) is 12.1 Å². The van der Waals surface area contributed by atoms with Gasteiger partial charge in [0, 0.05) is 6.04 Å². The van der Waals surface area contributed by atoms with Gasteiger partial charge in [-0.15, -0.1) is 0 Å². The molecular formula is C17H24N2O2. The summed E-state index contributed by atoms with van der Waals surface area (Å²) < 4.78 is 0. The summed E-state index contributed by atoms with van der Waals surface area (Å²) in [5.41, 5.74) is 0.994. The van der Waals surface area contributed by atoms with Gasteiger partial charge in [0.2, 0.25) is 0 Å². The van der Waals surface area contributed by atoms with Crippen molar-refractivity contribution in [2.75, 3.05) is 0 Å². The van der Waals surface area contributed by atoms with E-state index < -0.39 is 11.8 Å². The molecule has 2 rings (SSSR count). The maximum atomic E-state index is 12.0. The number of hydrogen-bond donors (Lipinski definition) is 2. The van der Waals surface area contributed by atoms with Crippen LogP contribution in [-0.2, 0) is 9.59 Å². The maximum absolute atomic E-state index is 12.0. The number of carbonyl (C=O) groups is 2. The first-order valence-electron chi connectivity index (χ1n) is 7.83. The zero-order valence-corrected chi connectivity index (χ0v) is 12.6. The van der Waals surface area contributed by atoms with Crippen LogP contribution in [-0.4, -0.2) is 17.9 Å². The average molecular weight is 288 g/mol. The van der Waals surface area contributed by atoms with Crippen molar-refractivity contribution in [1.29, 1.82) is 0 Å². The van der Waals surface area contributed by atoms with Crippen molar-refractivity contribution in [3.05, 3.63) is 35.9 Å². The topological polar surface area (TPSA) is 58.2 Å². The molecule has 0 saturated heterocycles. The Balaban J connectivity index is 1.83. The second-order valence-corrected chi connectivity index (χ2v) is 5.77. The summed E-state index contributed by atoms with van der Waals surface area (Å²) >= 11 is 0. The molecule has 0 radical (unpaired) electrons. The van der Waals surface area contributed by atoms with Crippen molar-refractivity contribution in [1.82, 2.24) is 10.6 Å². The van der Waals surface area contributed by atoms with Crippen molar-refractivity contribution in [3.63, 3.8) is 0 Å². The Morgan fingerprint density at radius 3 is 2.24 bits per heavy atom. The van der Waals surface area contributed by atoms with Crippen LogP contribution in [0.4, 0.5) is 0 Å². The first-order chi connectivity index (χ1) is 10.2. The molecule has 4 heteroatoms. The number of carbonyl (C=O) groups excluding carboxylic acids is 2. The molecule has 4 nitrogen and oxygen atoms in total. The van der Waals surface area contributed by atoms with Gasteiger partial charge in [0.25, 0.3) is 0 Å². The smallest absolute Gasteiger partial charge is 0.309 e. The van der Waals surface area contributed by atoms with Crippen LogP contribution in [0, 0.1) is 0 Å². The molecule has 1 aliphatic rings. The van der Waals surface area contributed by atoms with Crippen LogP contribution in [0.25, 0.3) is 0 Å². The Hall–Kier alpha value is -1.84. The van der Waals surface area contributed by atoms with E-state index in [0.717, 1.165) is 31.2 Å². The van der Waals surface area contributed by atoms with Gasteiger partial charge in [0.05, 0.1) is 6.04 Å². The zero-order chi connectivity index (χ0) is 15.1. The molecule has 0 bridgehead atoms. The van der Waals surface area contributed by atoms with Crippen LogP contribution in [0.1, 0.15) is 57.1 Å². The van der Waals surface area contributed by atoms with Crippen LogP contribution in [0.5, 0.6) is 0 Å². The SMILES string of the molecule is C[C@@H](NC(=O)C(=O)NC1CCCCCC1)c1ccccc1. The van der Waals surface area contributed by atoms with E-state index >= 15 is 0 Å². The second kappa shape index (κ2) is 7.81. The van der Waals surface area contributed by atoms with Crippen LogP contribution in [0.3, 0.4) is 0 Å². The van der Waals surface area contributed by atoms with Crippen molar-refractivity contribution in [3.8, 4) is 0 Å². The van der Waals surface area contributed by atoms with Crippen molar-refractivity contribution in [2.45, 2.75) is 57.5 Å². The Labute approximate surface area is 126 Å². The molecule has 1 saturated carbocycles. The number of nitrogens with one attached hydrogen (secondary N) is 2. The molecule has 1 aromatic carbocycles. The first-order valence-corrected chi connectivity index (χ1v) is 7.83. The monoisotopic (exact) mass is 288 g/mol. The van der Waals surface area contributed by atoms with E-state index in [1.54, 1.807) is 0 Å². The molecule has 0 aliphatic heterocycles. The molecule has 1 aromatic rings. The van der Waals surface area contributed by atoms with E-state index in [0.29, 0.717) is 0 Å². The van der Waals surface area contributed by atoms with Gasteiger partial charge in [0.1, 0.15) is 0 Å². The van der Waals surface area contributed by atoms with Crippen LogP contribution >= 0.6 is 0 Å². The van der Waals surface area contributed by atoms with Gasteiger partial charge in [-0.25, -0.2) is 0 Å². The molecule has 0 heterocycles. The molecule has 1 atom stereocenters. The highest BCUT2D eigenvalue weighted by atomic mass is 16.2. The highest BCUT2D eigenvalue weighted by Gasteiger charge is 2.21. The van der Waals surface area contributed by atoms with Crippen LogP contribution in [0.15, 0.2) is 30.3 Å². The van der Waals surface area contributed by atoms with Gasteiger partial charge < -0.3 is 10.6 Å². The van der Waals surface area contributed by atoms with Crippen LogP contribution < -0.4 is 10.6 Å². The van der Waals surface area contributed by atoms with Crippen molar-refractivity contribution < 1.29 is 9.59 Å². The average Bonchev–Trinajstić information content (AvgIpc) is 2.76. The van der Waals surface area contributed by atoms with Gasteiger partial charge >= 0.3 is 11.8 Å². The number of benzene rings is 1. The Morgan fingerprint density at radius 2 is 1.62 bits per heavy atom. The molecule has 0 aromatic heterocycles. The minimum absolute atomic E-state index is 0.151. The molecule has 0 spiro atoms. The van der Waals surface area contributed by atoms with Crippen molar-refractivity contribution in [2.24, 2.45) is 0 Å². The molecule has 114 valence electrons. The lowest BCUT2D eigenvalue weighted by atomic mass is 10.1. The lowest BCUT2D eigenvalue weighted by Crippen LogP contribution is -2.45.